The number of aliphatic hydroxyl groups is 1. The molecule has 146 valence electrons. The Morgan fingerprint density at radius 3 is 2.75 bits per heavy atom. The van der Waals surface area contributed by atoms with Gasteiger partial charge in [-0.1, -0.05) is 13.0 Å². The van der Waals surface area contributed by atoms with Crippen LogP contribution in [0.3, 0.4) is 0 Å². The monoisotopic (exact) mass is 380 g/mol. The minimum absolute atomic E-state index is 0.0642. The molecule has 7 nitrogen and oxygen atoms in total. The third kappa shape index (κ3) is 3.63. The molecule has 2 aromatic rings. The SMILES string of the molecule is CCC(O)C1C=C(C)C(c2cc3cnc(NC(=O)C4COC4)cc3cn2)=CN1. The van der Waals surface area contributed by atoms with Crippen LogP contribution in [0.15, 0.2) is 42.4 Å². The number of pyridine rings is 2. The quantitative estimate of drug-likeness (QED) is 0.736. The number of hydrogen-bond acceptors (Lipinski definition) is 6. The number of carbonyl (C=O) groups excluding carboxylic acids is 1. The van der Waals surface area contributed by atoms with Crippen molar-refractivity contribution in [3.8, 4) is 0 Å². The maximum absolute atomic E-state index is 12.0. The van der Waals surface area contributed by atoms with Crippen molar-refractivity contribution >= 4 is 28.1 Å². The van der Waals surface area contributed by atoms with Crippen molar-refractivity contribution in [3.63, 3.8) is 0 Å². The van der Waals surface area contributed by atoms with E-state index in [0.29, 0.717) is 25.5 Å². The van der Waals surface area contributed by atoms with E-state index >= 15 is 0 Å². The minimum atomic E-state index is -0.415. The van der Waals surface area contributed by atoms with E-state index in [4.69, 9.17) is 4.74 Å². The summed E-state index contributed by atoms with van der Waals surface area (Å²) in [6, 6.07) is 3.73. The minimum Gasteiger partial charge on any atom is -0.391 e. The van der Waals surface area contributed by atoms with Crippen LogP contribution in [0.4, 0.5) is 5.82 Å². The molecule has 0 aliphatic carbocycles. The lowest BCUT2D eigenvalue weighted by molar-refractivity contribution is -0.133. The van der Waals surface area contributed by atoms with Crippen molar-refractivity contribution in [1.82, 2.24) is 15.3 Å². The smallest absolute Gasteiger partial charge is 0.233 e. The van der Waals surface area contributed by atoms with E-state index in [1.54, 1.807) is 12.4 Å². The summed E-state index contributed by atoms with van der Waals surface area (Å²) in [5.74, 6) is 0.365. The number of carbonyl (C=O) groups is 1. The molecule has 3 N–H and O–H groups in total. The van der Waals surface area contributed by atoms with Gasteiger partial charge < -0.3 is 20.5 Å². The molecule has 2 atom stereocenters. The Bertz CT molecular complexity index is 965. The predicted octanol–water partition coefficient (Wildman–Crippen LogP) is 2.24. The van der Waals surface area contributed by atoms with E-state index in [1.807, 2.05) is 38.3 Å². The molecule has 7 heteroatoms. The summed E-state index contributed by atoms with van der Waals surface area (Å²) in [5.41, 5.74) is 2.90. The van der Waals surface area contributed by atoms with E-state index in [2.05, 4.69) is 20.6 Å². The van der Waals surface area contributed by atoms with E-state index in [0.717, 1.165) is 27.6 Å². The average Bonchev–Trinajstić information content (AvgIpc) is 2.65. The summed E-state index contributed by atoms with van der Waals surface area (Å²) >= 11 is 0. The van der Waals surface area contributed by atoms with Gasteiger partial charge in [-0.05, 0) is 31.1 Å². The molecule has 0 spiro atoms. The normalized spacial score (nSPS) is 20.6. The van der Waals surface area contributed by atoms with Crippen LogP contribution in [0.5, 0.6) is 0 Å². The van der Waals surface area contributed by atoms with Gasteiger partial charge >= 0.3 is 0 Å². The largest absolute Gasteiger partial charge is 0.391 e. The Labute approximate surface area is 163 Å². The van der Waals surface area contributed by atoms with Crippen molar-refractivity contribution in [3.05, 3.63) is 48.1 Å². The number of dihydropyridines is 1. The fourth-order valence-corrected chi connectivity index (χ4v) is 3.32. The molecule has 2 aromatic heterocycles. The van der Waals surface area contributed by atoms with Gasteiger partial charge in [-0.2, -0.15) is 0 Å². The third-order valence-corrected chi connectivity index (χ3v) is 5.25. The van der Waals surface area contributed by atoms with E-state index < -0.39 is 6.10 Å². The number of amides is 1. The Kier molecular flexibility index (Phi) is 5.11. The molecule has 0 aromatic carbocycles. The first-order valence-corrected chi connectivity index (χ1v) is 9.53. The first kappa shape index (κ1) is 18.6. The molecule has 0 radical (unpaired) electrons. The van der Waals surface area contributed by atoms with Crippen molar-refractivity contribution in [2.24, 2.45) is 5.92 Å². The van der Waals surface area contributed by atoms with Gasteiger partial charge in [0.25, 0.3) is 0 Å². The molecule has 0 bridgehead atoms. The molecule has 0 saturated carbocycles. The predicted molar refractivity (Wildman–Crippen MR) is 107 cm³/mol. The van der Waals surface area contributed by atoms with Gasteiger partial charge in [0.15, 0.2) is 0 Å². The first-order chi connectivity index (χ1) is 13.5. The number of nitrogens with one attached hydrogen (secondary N) is 2. The van der Waals surface area contributed by atoms with E-state index in [-0.39, 0.29) is 17.9 Å². The number of aromatic nitrogens is 2. The van der Waals surface area contributed by atoms with Gasteiger partial charge in [0.1, 0.15) is 5.82 Å². The number of fused-ring (bicyclic) bond motifs is 1. The second-order valence-electron chi connectivity index (χ2n) is 7.29. The maximum atomic E-state index is 12.0. The Morgan fingerprint density at radius 2 is 2.07 bits per heavy atom. The molecule has 2 aliphatic rings. The zero-order valence-electron chi connectivity index (χ0n) is 16.0. The van der Waals surface area contributed by atoms with Crippen LogP contribution in [-0.4, -0.2) is 46.3 Å². The Balaban J connectivity index is 1.54. The van der Waals surface area contributed by atoms with Gasteiger partial charge in [-0.25, -0.2) is 4.98 Å². The highest BCUT2D eigenvalue weighted by atomic mass is 16.5. The number of rotatable bonds is 5. The second kappa shape index (κ2) is 7.69. The molecule has 2 unspecified atom stereocenters. The summed E-state index contributed by atoms with van der Waals surface area (Å²) in [7, 11) is 0. The third-order valence-electron chi connectivity index (χ3n) is 5.25. The van der Waals surface area contributed by atoms with Crippen LogP contribution in [0.1, 0.15) is 26.0 Å². The average molecular weight is 380 g/mol. The molecular weight excluding hydrogens is 356 g/mol. The van der Waals surface area contributed by atoms with Gasteiger partial charge in [-0.15, -0.1) is 0 Å². The summed E-state index contributed by atoms with van der Waals surface area (Å²) in [5, 5.41) is 18.0. The zero-order chi connectivity index (χ0) is 19.7. The van der Waals surface area contributed by atoms with Crippen molar-refractivity contribution < 1.29 is 14.6 Å². The van der Waals surface area contributed by atoms with Crippen LogP contribution >= 0.6 is 0 Å². The number of ether oxygens (including phenoxy) is 1. The number of aliphatic hydroxyl groups excluding tert-OH is 1. The molecule has 4 rings (SSSR count). The standard InChI is InChI=1S/C21H24N4O3/c1-3-19(26)18-4-12(2)16(9-23-18)17-5-13-8-24-20(6-14(13)7-22-17)25-21(27)15-10-28-11-15/h4-9,15,18-19,23,26H,3,10-11H2,1-2H3,(H,24,25,27). The van der Waals surface area contributed by atoms with Crippen molar-refractivity contribution in [2.75, 3.05) is 18.5 Å². The van der Waals surface area contributed by atoms with Crippen molar-refractivity contribution in [2.45, 2.75) is 32.4 Å². The lowest BCUT2D eigenvalue weighted by atomic mass is 9.95. The van der Waals surface area contributed by atoms with Crippen LogP contribution in [0.25, 0.3) is 16.3 Å². The lowest BCUT2D eigenvalue weighted by Gasteiger charge is -2.25. The summed E-state index contributed by atoms with van der Waals surface area (Å²) < 4.78 is 5.05. The first-order valence-electron chi connectivity index (χ1n) is 9.53. The molecule has 1 amide bonds. The second-order valence-corrected chi connectivity index (χ2v) is 7.29. The Morgan fingerprint density at radius 1 is 1.32 bits per heavy atom. The van der Waals surface area contributed by atoms with Crippen LogP contribution in [0.2, 0.25) is 0 Å². The number of hydrogen-bond donors (Lipinski definition) is 3. The highest BCUT2D eigenvalue weighted by molar-refractivity contribution is 5.95. The van der Waals surface area contributed by atoms with Crippen LogP contribution < -0.4 is 10.6 Å². The maximum Gasteiger partial charge on any atom is 0.233 e. The topological polar surface area (TPSA) is 96.4 Å². The highest BCUT2D eigenvalue weighted by Crippen LogP contribution is 2.27. The molecule has 1 saturated heterocycles. The van der Waals surface area contributed by atoms with Crippen LogP contribution in [-0.2, 0) is 9.53 Å². The summed E-state index contributed by atoms with van der Waals surface area (Å²) in [6.45, 7) is 4.92. The molecule has 4 heterocycles. The molecule has 1 fully saturated rings. The van der Waals surface area contributed by atoms with Crippen molar-refractivity contribution in [1.29, 1.82) is 0 Å². The van der Waals surface area contributed by atoms with Gasteiger partial charge in [-0.3, -0.25) is 9.78 Å². The molecule has 28 heavy (non-hydrogen) atoms. The van der Waals surface area contributed by atoms with E-state index in [1.165, 1.54) is 0 Å². The van der Waals surface area contributed by atoms with Gasteiger partial charge in [0.05, 0.1) is 37.0 Å². The lowest BCUT2D eigenvalue weighted by Crippen LogP contribution is -2.38. The summed E-state index contributed by atoms with van der Waals surface area (Å²) in [4.78, 5) is 21.0. The number of anilines is 1. The van der Waals surface area contributed by atoms with Crippen LogP contribution in [0, 0.1) is 5.92 Å². The molecule has 2 aliphatic heterocycles. The molecular formula is C21H24N4O3. The number of allylic oxidation sites excluding steroid dienone is 2. The van der Waals surface area contributed by atoms with Gasteiger partial charge in [0, 0.05) is 34.9 Å². The highest BCUT2D eigenvalue weighted by Gasteiger charge is 2.26. The van der Waals surface area contributed by atoms with E-state index in [9.17, 15) is 9.90 Å². The summed E-state index contributed by atoms with van der Waals surface area (Å²) in [6.07, 6.45) is 7.76. The fourth-order valence-electron chi connectivity index (χ4n) is 3.32. The van der Waals surface area contributed by atoms with Gasteiger partial charge in [0.2, 0.25) is 5.91 Å². The fraction of sp³-hybridized carbons (Fsp3) is 0.381. The number of nitrogens with zero attached hydrogens (tertiary/aromatic N) is 2. The Hall–Kier alpha value is -2.77. The zero-order valence-corrected chi connectivity index (χ0v) is 16.0.